The number of hydrogen-bond donors (Lipinski definition) is 0. The summed E-state index contributed by atoms with van der Waals surface area (Å²) in [6.45, 7) is 6.58. The van der Waals surface area contributed by atoms with E-state index in [1.807, 2.05) is 18.2 Å². The van der Waals surface area contributed by atoms with Gasteiger partial charge in [0.25, 0.3) is 0 Å². The van der Waals surface area contributed by atoms with Gasteiger partial charge >= 0.3 is 0 Å². The molecule has 1 aromatic carbocycles. The van der Waals surface area contributed by atoms with Crippen LogP contribution in [0.25, 0.3) is 10.9 Å². The number of likely N-dealkylation sites (N-methyl/N-ethyl adjacent to an activating group) is 1. The zero-order chi connectivity index (χ0) is 14.8. The van der Waals surface area contributed by atoms with E-state index in [0.717, 1.165) is 36.1 Å². The van der Waals surface area contributed by atoms with Gasteiger partial charge in [0, 0.05) is 36.6 Å². The summed E-state index contributed by atoms with van der Waals surface area (Å²) < 4.78 is 0. The minimum absolute atomic E-state index is 0.542. The van der Waals surface area contributed by atoms with Gasteiger partial charge in [-0.2, -0.15) is 0 Å². The van der Waals surface area contributed by atoms with Crippen LogP contribution in [0.5, 0.6) is 0 Å². The Balaban J connectivity index is 1.85. The third-order valence-electron chi connectivity index (χ3n) is 4.31. The van der Waals surface area contributed by atoms with Crippen molar-refractivity contribution in [3.05, 3.63) is 41.0 Å². The van der Waals surface area contributed by atoms with E-state index >= 15 is 0 Å². The molecule has 1 atom stereocenters. The van der Waals surface area contributed by atoms with E-state index in [1.165, 1.54) is 13.0 Å². The van der Waals surface area contributed by atoms with E-state index in [-0.39, 0.29) is 0 Å². The number of pyridine rings is 1. The molecule has 0 amide bonds. The Morgan fingerprint density at radius 3 is 2.95 bits per heavy atom. The molecular weight excluding hydrogens is 282 g/mol. The van der Waals surface area contributed by atoms with Crippen LogP contribution >= 0.6 is 11.6 Å². The van der Waals surface area contributed by atoms with Crippen LogP contribution in [0.3, 0.4) is 0 Å². The molecule has 0 radical (unpaired) electrons. The van der Waals surface area contributed by atoms with Gasteiger partial charge in [-0.3, -0.25) is 4.90 Å². The molecule has 3 rings (SSSR count). The molecule has 4 heteroatoms. The molecule has 0 aliphatic carbocycles. The molecule has 1 fully saturated rings. The summed E-state index contributed by atoms with van der Waals surface area (Å²) in [5, 5.41) is 1.80. The fourth-order valence-electron chi connectivity index (χ4n) is 3.12. The van der Waals surface area contributed by atoms with Crippen LogP contribution in [0.2, 0.25) is 5.15 Å². The highest BCUT2D eigenvalue weighted by Crippen LogP contribution is 2.23. The van der Waals surface area contributed by atoms with Crippen LogP contribution in [0.15, 0.2) is 30.3 Å². The molecule has 0 N–H and O–H groups in total. The lowest BCUT2D eigenvalue weighted by Gasteiger charge is -2.28. The van der Waals surface area contributed by atoms with Crippen molar-refractivity contribution < 1.29 is 0 Å². The van der Waals surface area contributed by atoms with Crippen LogP contribution in [-0.4, -0.2) is 47.5 Å². The number of hydrogen-bond acceptors (Lipinski definition) is 3. The molecule has 1 aromatic heterocycles. The van der Waals surface area contributed by atoms with Gasteiger partial charge in [-0.05, 0) is 39.1 Å². The second kappa shape index (κ2) is 6.30. The topological polar surface area (TPSA) is 19.4 Å². The maximum absolute atomic E-state index is 6.39. The van der Waals surface area contributed by atoms with Crippen molar-refractivity contribution in [1.29, 1.82) is 0 Å². The largest absolute Gasteiger partial charge is 0.305 e. The first-order valence-corrected chi connectivity index (χ1v) is 7.98. The molecule has 0 bridgehead atoms. The number of nitrogens with zero attached hydrogens (tertiary/aromatic N) is 3. The first kappa shape index (κ1) is 14.8. The maximum Gasteiger partial charge on any atom is 0.134 e. The van der Waals surface area contributed by atoms with E-state index in [1.54, 1.807) is 0 Å². The van der Waals surface area contributed by atoms with Crippen molar-refractivity contribution in [1.82, 2.24) is 14.8 Å². The highest BCUT2D eigenvalue weighted by molar-refractivity contribution is 6.30. The first-order chi connectivity index (χ1) is 10.1. The Labute approximate surface area is 131 Å². The van der Waals surface area contributed by atoms with E-state index in [9.17, 15) is 0 Å². The molecule has 2 aromatic rings. The molecule has 21 heavy (non-hydrogen) atoms. The van der Waals surface area contributed by atoms with Gasteiger partial charge in [-0.25, -0.2) is 4.98 Å². The van der Waals surface area contributed by atoms with E-state index in [4.69, 9.17) is 11.6 Å². The SMILES string of the molecule is CC1CN(C)CCCN1Cc1cc2ccccc2nc1Cl. The zero-order valence-corrected chi connectivity index (χ0v) is 13.5. The van der Waals surface area contributed by atoms with Crippen molar-refractivity contribution in [3.8, 4) is 0 Å². The Hall–Kier alpha value is -1.16. The number of rotatable bonds is 2. The third kappa shape index (κ3) is 3.37. The summed E-state index contributed by atoms with van der Waals surface area (Å²) in [7, 11) is 2.20. The lowest BCUT2D eigenvalue weighted by molar-refractivity contribution is 0.194. The van der Waals surface area contributed by atoms with Crippen LogP contribution in [0.1, 0.15) is 18.9 Å². The minimum Gasteiger partial charge on any atom is -0.305 e. The van der Waals surface area contributed by atoms with E-state index < -0.39 is 0 Å². The zero-order valence-electron chi connectivity index (χ0n) is 12.7. The number of halogens is 1. The second-order valence-corrected chi connectivity index (χ2v) is 6.42. The average molecular weight is 304 g/mol. The van der Waals surface area contributed by atoms with Crippen LogP contribution in [-0.2, 0) is 6.54 Å². The van der Waals surface area contributed by atoms with Gasteiger partial charge < -0.3 is 4.90 Å². The van der Waals surface area contributed by atoms with Crippen LogP contribution < -0.4 is 0 Å². The summed E-state index contributed by atoms with van der Waals surface area (Å²) in [6, 6.07) is 10.9. The van der Waals surface area contributed by atoms with Crippen molar-refractivity contribution in [2.75, 3.05) is 26.7 Å². The van der Waals surface area contributed by atoms with Gasteiger partial charge in [0.1, 0.15) is 5.15 Å². The quantitative estimate of drug-likeness (QED) is 0.793. The predicted octanol–water partition coefficient (Wildman–Crippen LogP) is 3.41. The Bertz CT molecular complexity index is 628. The Morgan fingerprint density at radius 2 is 2.10 bits per heavy atom. The summed E-state index contributed by atoms with van der Waals surface area (Å²) in [5.74, 6) is 0. The van der Waals surface area contributed by atoms with Gasteiger partial charge in [0.15, 0.2) is 0 Å². The predicted molar refractivity (Wildman–Crippen MR) is 88.7 cm³/mol. The van der Waals surface area contributed by atoms with Gasteiger partial charge in [0.2, 0.25) is 0 Å². The molecule has 1 saturated heterocycles. The van der Waals surface area contributed by atoms with E-state index in [0.29, 0.717) is 11.2 Å². The summed E-state index contributed by atoms with van der Waals surface area (Å²) in [5.41, 5.74) is 2.10. The molecule has 112 valence electrons. The van der Waals surface area contributed by atoms with Crippen molar-refractivity contribution in [3.63, 3.8) is 0 Å². The highest BCUT2D eigenvalue weighted by atomic mass is 35.5. The van der Waals surface area contributed by atoms with Crippen molar-refractivity contribution in [2.45, 2.75) is 25.9 Å². The highest BCUT2D eigenvalue weighted by Gasteiger charge is 2.20. The first-order valence-electron chi connectivity index (χ1n) is 7.60. The summed E-state index contributed by atoms with van der Waals surface area (Å²) in [6.07, 6.45) is 1.21. The monoisotopic (exact) mass is 303 g/mol. The molecular formula is C17H22ClN3. The molecule has 1 aliphatic heterocycles. The van der Waals surface area contributed by atoms with Gasteiger partial charge in [-0.15, -0.1) is 0 Å². The average Bonchev–Trinajstić information content (AvgIpc) is 2.61. The fraction of sp³-hybridized carbons (Fsp3) is 0.471. The number of aromatic nitrogens is 1. The second-order valence-electron chi connectivity index (χ2n) is 6.07. The van der Waals surface area contributed by atoms with Crippen molar-refractivity contribution >= 4 is 22.5 Å². The van der Waals surface area contributed by atoms with E-state index in [2.05, 4.69) is 40.9 Å². The smallest absolute Gasteiger partial charge is 0.134 e. The lowest BCUT2D eigenvalue weighted by Crippen LogP contribution is -2.37. The molecule has 3 nitrogen and oxygen atoms in total. The molecule has 0 spiro atoms. The Morgan fingerprint density at radius 1 is 1.29 bits per heavy atom. The summed E-state index contributed by atoms with van der Waals surface area (Å²) >= 11 is 6.39. The fourth-order valence-corrected chi connectivity index (χ4v) is 3.33. The van der Waals surface area contributed by atoms with Crippen LogP contribution in [0.4, 0.5) is 0 Å². The van der Waals surface area contributed by atoms with Crippen LogP contribution in [0, 0.1) is 0 Å². The standard InChI is InChI=1S/C17H22ClN3/c1-13-11-20(2)8-5-9-21(13)12-15-10-14-6-3-4-7-16(14)19-17(15)18/h3-4,6-7,10,13H,5,8-9,11-12H2,1-2H3. The van der Waals surface area contributed by atoms with Crippen molar-refractivity contribution in [2.24, 2.45) is 0 Å². The maximum atomic E-state index is 6.39. The lowest BCUT2D eigenvalue weighted by atomic mass is 10.1. The van der Waals surface area contributed by atoms with Gasteiger partial charge in [-0.1, -0.05) is 29.8 Å². The minimum atomic E-state index is 0.542. The molecule has 1 unspecified atom stereocenters. The number of para-hydroxylation sites is 1. The normalized spacial score (nSPS) is 21.6. The molecule has 1 aliphatic rings. The van der Waals surface area contributed by atoms with Gasteiger partial charge in [0.05, 0.1) is 5.52 Å². The third-order valence-corrected chi connectivity index (χ3v) is 4.64. The number of fused-ring (bicyclic) bond motifs is 1. The number of benzene rings is 1. The molecule has 0 saturated carbocycles. The summed E-state index contributed by atoms with van der Waals surface area (Å²) in [4.78, 5) is 9.46. The molecule has 2 heterocycles. The Kier molecular flexibility index (Phi) is 4.43.